The van der Waals surface area contributed by atoms with E-state index in [9.17, 15) is 4.79 Å². The smallest absolute Gasteiger partial charge is 0.303 e. The second-order valence-corrected chi connectivity index (χ2v) is 8.24. The Bertz CT molecular complexity index is 487. The van der Waals surface area contributed by atoms with Gasteiger partial charge in [0.15, 0.2) is 0 Å². The fraction of sp³-hybridized carbons (Fsp3) is 0.526. The van der Waals surface area contributed by atoms with Gasteiger partial charge < -0.3 is 5.11 Å². The van der Waals surface area contributed by atoms with E-state index in [-0.39, 0.29) is 6.42 Å². The molecule has 1 heterocycles. The Kier molecular flexibility index (Phi) is 8.69. The molecule has 23 heavy (non-hydrogen) atoms. The SMILES string of the molecule is O=C(O)CCC/C=C\C[C@H]1CSC[C@H]1CCSc1ccccc1. The Labute approximate surface area is 148 Å². The fourth-order valence-electron chi connectivity index (χ4n) is 2.83. The van der Waals surface area contributed by atoms with Crippen molar-refractivity contribution in [2.24, 2.45) is 11.8 Å². The summed E-state index contributed by atoms with van der Waals surface area (Å²) in [6.07, 6.45) is 8.81. The molecule has 2 atom stereocenters. The Hall–Kier alpha value is -0.870. The van der Waals surface area contributed by atoms with Crippen LogP contribution in [-0.4, -0.2) is 28.3 Å². The highest BCUT2D eigenvalue weighted by molar-refractivity contribution is 7.99. The summed E-state index contributed by atoms with van der Waals surface area (Å²) in [5.41, 5.74) is 0. The summed E-state index contributed by atoms with van der Waals surface area (Å²) in [5.74, 6) is 4.72. The number of allylic oxidation sites excluding steroid dienone is 2. The number of benzene rings is 1. The van der Waals surface area contributed by atoms with E-state index in [1.165, 1.54) is 28.6 Å². The van der Waals surface area contributed by atoms with Crippen molar-refractivity contribution in [1.82, 2.24) is 0 Å². The molecule has 1 N–H and O–H groups in total. The van der Waals surface area contributed by atoms with E-state index >= 15 is 0 Å². The zero-order valence-corrected chi connectivity index (χ0v) is 15.2. The van der Waals surface area contributed by atoms with Gasteiger partial charge in [-0.3, -0.25) is 4.79 Å². The number of carbonyl (C=O) groups is 1. The maximum atomic E-state index is 10.5. The molecule has 0 unspecified atom stereocenters. The third-order valence-electron chi connectivity index (χ3n) is 4.20. The van der Waals surface area contributed by atoms with Crippen molar-refractivity contribution < 1.29 is 9.90 Å². The van der Waals surface area contributed by atoms with E-state index in [1.807, 2.05) is 11.8 Å². The topological polar surface area (TPSA) is 37.3 Å². The highest BCUT2D eigenvalue weighted by Crippen LogP contribution is 2.36. The summed E-state index contributed by atoms with van der Waals surface area (Å²) >= 11 is 4.05. The molecule has 0 aliphatic carbocycles. The van der Waals surface area contributed by atoms with E-state index in [0.29, 0.717) is 0 Å². The van der Waals surface area contributed by atoms with E-state index in [1.54, 1.807) is 0 Å². The standard InChI is InChI=1S/C19H26O2S2/c20-19(21)11-7-2-1-4-8-16-14-22-15-17(16)12-13-23-18-9-5-3-6-10-18/h1,3-6,9-10,16-17H,2,7-8,11-15H2,(H,20,21)/b4-1-/t16-,17+/m0/s1. The molecular formula is C19H26O2S2. The van der Waals surface area contributed by atoms with Crippen LogP contribution >= 0.6 is 23.5 Å². The summed E-state index contributed by atoms with van der Waals surface area (Å²) in [7, 11) is 0. The van der Waals surface area contributed by atoms with Gasteiger partial charge in [0, 0.05) is 11.3 Å². The summed E-state index contributed by atoms with van der Waals surface area (Å²) < 4.78 is 0. The Balaban J connectivity index is 1.62. The molecule has 0 bridgehead atoms. The normalized spacial score (nSPS) is 21.0. The number of aliphatic carboxylic acids is 1. The first-order valence-electron chi connectivity index (χ1n) is 8.38. The Morgan fingerprint density at radius 3 is 2.78 bits per heavy atom. The molecule has 2 nitrogen and oxygen atoms in total. The Morgan fingerprint density at radius 1 is 1.22 bits per heavy atom. The predicted molar refractivity (Wildman–Crippen MR) is 101 cm³/mol. The van der Waals surface area contributed by atoms with Gasteiger partial charge in [0.1, 0.15) is 0 Å². The predicted octanol–water partition coefficient (Wildman–Crippen LogP) is 5.35. The van der Waals surface area contributed by atoms with Gasteiger partial charge in [-0.05, 0) is 66.9 Å². The first-order valence-corrected chi connectivity index (χ1v) is 10.5. The van der Waals surface area contributed by atoms with Gasteiger partial charge in [-0.2, -0.15) is 11.8 Å². The highest BCUT2D eigenvalue weighted by atomic mass is 32.2. The fourth-order valence-corrected chi connectivity index (χ4v) is 5.42. The average molecular weight is 351 g/mol. The first kappa shape index (κ1) is 18.5. The number of unbranched alkanes of at least 4 members (excludes halogenated alkanes) is 1. The molecule has 1 aliphatic heterocycles. The lowest BCUT2D eigenvalue weighted by Gasteiger charge is -2.16. The van der Waals surface area contributed by atoms with Crippen molar-refractivity contribution in [2.75, 3.05) is 17.3 Å². The molecule has 4 heteroatoms. The third kappa shape index (κ3) is 7.49. The van der Waals surface area contributed by atoms with Crippen LogP contribution in [-0.2, 0) is 4.79 Å². The van der Waals surface area contributed by atoms with Crippen molar-refractivity contribution in [1.29, 1.82) is 0 Å². The van der Waals surface area contributed by atoms with Gasteiger partial charge >= 0.3 is 5.97 Å². The molecule has 1 saturated heterocycles. The van der Waals surface area contributed by atoms with Crippen LogP contribution in [0.1, 0.15) is 32.1 Å². The van der Waals surface area contributed by atoms with Crippen LogP contribution in [0.15, 0.2) is 47.4 Å². The molecular weight excluding hydrogens is 324 g/mol. The minimum absolute atomic E-state index is 0.281. The van der Waals surface area contributed by atoms with Crippen molar-refractivity contribution in [3.8, 4) is 0 Å². The van der Waals surface area contributed by atoms with E-state index in [0.717, 1.165) is 31.1 Å². The van der Waals surface area contributed by atoms with Gasteiger partial charge in [0.05, 0.1) is 0 Å². The maximum absolute atomic E-state index is 10.5. The minimum Gasteiger partial charge on any atom is -0.481 e. The lowest BCUT2D eigenvalue weighted by molar-refractivity contribution is -0.137. The summed E-state index contributed by atoms with van der Waals surface area (Å²) in [5, 5.41) is 8.61. The molecule has 0 amide bonds. The maximum Gasteiger partial charge on any atom is 0.303 e. The average Bonchev–Trinajstić information content (AvgIpc) is 2.99. The molecule has 0 radical (unpaired) electrons. The van der Waals surface area contributed by atoms with E-state index in [2.05, 4.69) is 54.2 Å². The lowest BCUT2D eigenvalue weighted by Crippen LogP contribution is -2.12. The van der Waals surface area contributed by atoms with Crippen molar-refractivity contribution in [2.45, 2.75) is 37.0 Å². The number of carboxylic acid groups (broad SMARTS) is 1. The van der Waals surface area contributed by atoms with Crippen LogP contribution < -0.4 is 0 Å². The van der Waals surface area contributed by atoms with E-state index in [4.69, 9.17) is 5.11 Å². The number of carboxylic acids is 1. The molecule has 1 aromatic rings. The second-order valence-electron chi connectivity index (χ2n) is 6.00. The van der Waals surface area contributed by atoms with Crippen LogP contribution in [0.2, 0.25) is 0 Å². The second kappa shape index (κ2) is 10.8. The van der Waals surface area contributed by atoms with E-state index < -0.39 is 5.97 Å². The van der Waals surface area contributed by atoms with Crippen LogP contribution in [0.4, 0.5) is 0 Å². The number of hydrogen-bond acceptors (Lipinski definition) is 3. The highest BCUT2D eigenvalue weighted by Gasteiger charge is 2.26. The molecule has 0 spiro atoms. The summed E-state index contributed by atoms with van der Waals surface area (Å²) in [4.78, 5) is 11.8. The van der Waals surface area contributed by atoms with Crippen molar-refractivity contribution in [3.05, 3.63) is 42.5 Å². The third-order valence-corrected chi connectivity index (χ3v) is 6.57. The monoisotopic (exact) mass is 350 g/mol. The minimum atomic E-state index is -0.693. The van der Waals surface area contributed by atoms with Gasteiger partial charge in [0.25, 0.3) is 0 Å². The lowest BCUT2D eigenvalue weighted by atomic mass is 9.90. The molecule has 0 saturated carbocycles. The van der Waals surface area contributed by atoms with Crippen LogP contribution in [0.3, 0.4) is 0 Å². The van der Waals surface area contributed by atoms with Crippen LogP contribution in [0.25, 0.3) is 0 Å². The number of rotatable bonds is 10. The molecule has 1 aliphatic rings. The van der Waals surface area contributed by atoms with Crippen molar-refractivity contribution in [3.63, 3.8) is 0 Å². The van der Waals surface area contributed by atoms with Gasteiger partial charge in [0.2, 0.25) is 0 Å². The van der Waals surface area contributed by atoms with Crippen LogP contribution in [0.5, 0.6) is 0 Å². The molecule has 126 valence electrons. The van der Waals surface area contributed by atoms with Crippen molar-refractivity contribution >= 4 is 29.5 Å². The molecule has 2 rings (SSSR count). The largest absolute Gasteiger partial charge is 0.481 e. The summed E-state index contributed by atoms with van der Waals surface area (Å²) in [6.45, 7) is 0. The Morgan fingerprint density at radius 2 is 2.00 bits per heavy atom. The first-order chi connectivity index (χ1) is 11.3. The number of hydrogen-bond donors (Lipinski definition) is 1. The van der Waals surface area contributed by atoms with Gasteiger partial charge in [-0.15, -0.1) is 11.8 Å². The van der Waals surface area contributed by atoms with Gasteiger partial charge in [-0.25, -0.2) is 0 Å². The molecule has 1 aromatic carbocycles. The number of thioether (sulfide) groups is 2. The molecule has 0 aromatic heterocycles. The quantitative estimate of drug-likeness (QED) is 0.351. The summed E-state index contributed by atoms with van der Waals surface area (Å²) in [6, 6.07) is 10.6. The van der Waals surface area contributed by atoms with Gasteiger partial charge in [-0.1, -0.05) is 30.4 Å². The van der Waals surface area contributed by atoms with Crippen LogP contribution in [0, 0.1) is 11.8 Å². The zero-order valence-electron chi connectivity index (χ0n) is 13.5. The molecule has 1 fully saturated rings. The zero-order chi connectivity index (χ0) is 16.3.